The molecule has 340 valence electrons. The van der Waals surface area contributed by atoms with E-state index in [0.29, 0.717) is 58.3 Å². The molecule has 4 fully saturated rings. The number of ether oxygens (including phenoxy) is 3. The maximum absolute atomic E-state index is 18.0. The summed E-state index contributed by atoms with van der Waals surface area (Å²) in [5.74, 6) is 2.60. The number of fused-ring (bicyclic) bond motifs is 7. The van der Waals surface area contributed by atoms with Crippen molar-refractivity contribution >= 4 is 41.7 Å². The number of nitrogens with zero attached hydrogens (tertiary/aromatic N) is 6. The van der Waals surface area contributed by atoms with E-state index in [0.717, 1.165) is 18.4 Å². The molecule has 4 saturated heterocycles. The summed E-state index contributed by atoms with van der Waals surface area (Å²) in [6, 6.07) is 7.49. The van der Waals surface area contributed by atoms with Gasteiger partial charge in [-0.3, -0.25) is 9.80 Å². The van der Waals surface area contributed by atoms with E-state index in [2.05, 4.69) is 69.4 Å². The van der Waals surface area contributed by atoms with Crippen molar-refractivity contribution in [3.8, 4) is 34.6 Å². The predicted molar refractivity (Wildman–Crippen MR) is 247 cm³/mol. The Kier molecular flexibility index (Phi) is 11.0. The first-order valence-corrected chi connectivity index (χ1v) is 25.3. The molecule has 10 nitrogen and oxygen atoms in total. The Bertz CT molecular complexity index is 2600. The third kappa shape index (κ3) is 7.02. The second-order valence-corrected chi connectivity index (χ2v) is 26.3. The highest BCUT2D eigenvalue weighted by Crippen LogP contribution is 2.49. The molecule has 7 heterocycles. The summed E-state index contributed by atoms with van der Waals surface area (Å²) in [5.41, 5.74) is 4.47. The van der Waals surface area contributed by atoms with E-state index >= 15 is 13.2 Å². The quantitative estimate of drug-likeness (QED) is 0.102. The van der Waals surface area contributed by atoms with Crippen molar-refractivity contribution in [3.63, 3.8) is 0 Å². The lowest BCUT2D eigenvalue weighted by Crippen LogP contribution is -2.65. The van der Waals surface area contributed by atoms with E-state index in [1.807, 2.05) is 38.7 Å². The third-order valence-corrected chi connectivity index (χ3v) is 21.2. The molecule has 0 spiro atoms. The molecule has 2 aromatic carbocycles. The number of hydrogen-bond acceptors (Lipinski definition) is 9. The minimum Gasteiger partial charge on any atom is -0.472 e. The summed E-state index contributed by atoms with van der Waals surface area (Å²) in [5, 5.41) is 1.40. The SMILES string of the molecule is C=C1CCN2C[C@H](F)C[C@@]12COc1nc2c3c(nc(-c4cccc5ccc(F)c(C#C[Si](C(C)C)(C(C)C)C(C)C)c45)c(F)c3n1)O[C@@H](C)[C@@H]1[C@@H]3CC[C@H](CN21)N3C(=O)OC(C)(C)C. The van der Waals surface area contributed by atoms with E-state index in [1.54, 1.807) is 18.2 Å². The van der Waals surface area contributed by atoms with Crippen LogP contribution in [0.25, 0.3) is 32.9 Å². The molecular formula is C50H61F3N6O4Si. The van der Waals surface area contributed by atoms with Crippen LogP contribution >= 0.6 is 0 Å². The van der Waals surface area contributed by atoms with E-state index in [9.17, 15) is 4.79 Å². The van der Waals surface area contributed by atoms with Crippen molar-refractivity contribution in [1.29, 1.82) is 0 Å². The van der Waals surface area contributed by atoms with Gasteiger partial charge in [-0.15, -0.1) is 5.54 Å². The molecule has 0 N–H and O–H groups in total. The molecule has 1 amide bonds. The topological polar surface area (TPSA) is 93.2 Å². The van der Waals surface area contributed by atoms with Crippen LogP contribution in [0.2, 0.25) is 16.6 Å². The molecule has 2 aromatic heterocycles. The number of piperazine rings is 1. The van der Waals surface area contributed by atoms with Crippen molar-refractivity contribution in [1.82, 2.24) is 24.8 Å². The second-order valence-electron chi connectivity index (χ2n) is 20.7. The van der Waals surface area contributed by atoms with E-state index in [-0.39, 0.29) is 65.7 Å². The number of amides is 1. The fourth-order valence-corrected chi connectivity index (χ4v) is 17.3. The maximum atomic E-state index is 18.0. The van der Waals surface area contributed by atoms with E-state index in [1.165, 1.54) is 6.07 Å². The summed E-state index contributed by atoms with van der Waals surface area (Å²) >= 11 is 0. The number of benzene rings is 2. The van der Waals surface area contributed by atoms with Crippen LogP contribution in [0, 0.1) is 23.1 Å². The minimum atomic E-state index is -2.31. The van der Waals surface area contributed by atoms with Gasteiger partial charge in [0.25, 0.3) is 0 Å². The van der Waals surface area contributed by atoms with Crippen LogP contribution in [-0.2, 0) is 4.74 Å². The van der Waals surface area contributed by atoms with Gasteiger partial charge >= 0.3 is 12.1 Å². The van der Waals surface area contributed by atoms with Crippen LogP contribution in [0.5, 0.6) is 11.9 Å². The summed E-state index contributed by atoms with van der Waals surface area (Å²) < 4.78 is 68.6. The van der Waals surface area contributed by atoms with Crippen LogP contribution in [0.3, 0.4) is 0 Å². The molecule has 0 aliphatic carbocycles. The van der Waals surface area contributed by atoms with E-state index in [4.69, 9.17) is 29.2 Å². The highest BCUT2D eigenvalue weighted by molar-refractivity contribution is 6.90. The lowest BCUT2D eigenvalue weighted by molar-refractivity contribution is 0.000934. The molecule has 0 unspecified atom stereocenters. The van der Waals surface area contributed by atoms with Crippen molar-refractivity contribution < 1.29 is 32.2 Å². The maximum Gasteiger partial charge on any atom is 0.410 e. The molecule has 4 aromatic rings. The Morgan fingerprint density at radius 2 is 1.75 bits per heavy atom. The Morgan fingerprint density at radius 1 is 1.02 bits per heavy atom. The second kappa shape index (κ2) is 15.9. The average molecular weight is 895 g/mol. The fourth-order valence-electron chi connectivity index (χ4n) is 12.1. The molecular weight excluding hydrogens is 834 g/mol. The molecule has 2 bridgehead atoms. The summed E-state index contributed by atoms with van der Waals surface area (Å²) in [6.07, 6.45) is 0.406. The zero-order valence-corrected chi connectivity index (χ0v) is 39.8. The van der Waals surface area contributed by atoms with Gasteiger partial charge in [0.15, 0.2) is 5.82 Å². The summed E-state index contributed by atoms with van der Waals surface area (Å²) in [4.78, 5) is 34.6. The van der Waals surface area contributed by atoms with Gasteiger partial charge in [-0.1, -0.05) is 83.9 Å². The molecule has 64 heavy (non-hydrogen) atoms. The summed E-state index contributed by atoms with van der Waals surface area (Å²) in [6.45, 7) is 26.4. The number of halogens is 3. The molecule has 9 rings (SSSR count). The number of alkyl halides is 1. The van der Waals surface area contributed by atoms with Gasteiger partial charge in [0, 0.05) is 37.0 Å². The highest BCUT2D eigenvalue weighted by atomic mass is 28.3. The van der Waals surface area contributed by atoms with Crippen LogP contribution in [-0.4, -0.2) is 107 Å². The van der Waals surface area contributed by atoms with Gasteiger partial charge in [-0.05, 0) is 75.0 Å². The minimum absolute atomic E-state index is 0.0379. The van der Waals surface area contributed by atoms with Crippen LogP contribution < -0.4 is 14.4 Å². The van der Waals surface area contributed by atoms with Gasteiger partial charge in [0.05, 0.1) is 29.2 Å². The van der Waals surface area contributed by atoms with E-state index < -0.39 is 55.3 Å². The largest absolute Gasteiger partial charge is 0.472 e. The van der Waals surface area contributed by atoms with Crippen molar-refractivity contribution in [2.45, 2.75) is 153 Å². The van der Waals surface area contributed by atoms with Crippen LogP contribution in [0.4, 0.5) is 23.8 Å². The number of aromatic nitrogens is 3. The fraction of sp³-hybridized carbons (Fsp3) is 0.560. The van der Waals surface area contributed by atoms with Gasteiger partial charge in [0.1, 0.15) is 60.8 Å². The Balaban J connectivity index is 1.24. The number of carbonyl (C=O) groups excluding carboxylic acids is 1. The lowest BCUT2D eigenvalue weighted by atomic mass is 9.90. The molecule has 5 aliphatic rings. The van der Waals surface area contributed by atoms with Gasteiger partial charge in [0.2, 0.25) is 5.88 Å². The van der Waals surface area contributed by atoms with Crippen molar-refractivity contribution in [2.24, 2.45) is 0 Å². The third-order valence-electron chi connectivity index (χ3n) is 15.0. The van der Waals surface area contributed by atoms with Gasteiger partial charge in [-0.25, -0.2) is 22.9 Å². The molecule has 0 radical (unpaired) electrons. The van der Waals surface area contributed by atoms with Crippen molar-refractivity contribution in [2.75, 3.05) is 31.1 Å². The zero-order chi connectivity index (χ0) is 45.8. The first-order chi connectivity index (χ1) is 30.3. The van der Waals surface area contributed by atoms with Crippen molar-refractivity contribution in [3.05, 3.63) is 59.7 Å². The first kappa shape index (κ1) is 44.3. The zero-order valence-electron chi connectivity index (χ0n) is 38.8. The number of rotatable bonds is 7. The number of hydrogen-bond donors (Lipinski definition) is 0. The number of anilines is 1. The smallest absolute Gasteiger partial charge is 0.410 e. The Morgan fingerprint density at radius 3 is 2.45 bits per heavy atom. The van der Waals surface area contributed by atoms with Gasteiger partial charge < -0.3 is 19.1 Å². The standard InChI is InChI=1S/C50H61F3N6O4Si/c1-27(2)64(28(3)4,29(5)6)22-20-35-37(52)17-15-32-13-12-14-36(39(32)35)42-41(53)43-40-45(56-47(55-43)61-26-50-23-33(51)24-57(50)21-19-30(50)7)58-25-34-16-18-38(44(58)31(8)62-46(40)54-42)59(34)48(60)63-49(9,10)11/h12-15,17,27-29,31,33-34,38,44H,7,16,18-19,21,23-26H2,1-6,8-11H3/t31-,33+,34+,38-,44+,50+/m0/s1. The Hall–Kier alpha value is -4.87. The van der Waals surface area contributed by atoms with Crippen LogP contribution in [0.1, 0.15) is 100 Å². The molecule has 5 aliphatic heterocycles. The molecule has 14 heteroatoms. The molecule has 0 saturated carbocycles. The van der Waals surface area contributed by atoms with Gasteiger partial charge in [-0.2, -0.15) is 9.97 Å². The normalized spacial score (nSPS) is 25.5. The number of carbonyl (C=O) groups is 1. The van der Waals surface area contributed by atoms with Crippen LogP contribution in [0.15, 0.2) is 42.5 Å². The summed E-state index contributed by atoms with van der Waals surface area (Å²) in [7, 11) is -2.31. The first-order valence-electron chi connectivity index (χ1n) is 23.1. The molecule has 6 atom stereocenters. The Labute approximate surface area is 375 Å². The highest BCUT2D eigenvalue weighted by Gasteiger charge is 2.55. The predicted octanol–water partition coefficient (Wildman–Crippen LogP) is 10.6. The average Bonchev–Trinajstić information content (AvgIpc) is 3.80. The lowest BCUT2D eigenvalue weighted by Gasteiger charge is -2.48. The monoisotopic (exact) mass is 894 g/mol. The number of pyridine rings is 1.